The van der Waals surface area contributed by atoms with Crippen LogP contribution in [0.15, 0.2) is 18.6 Å². The van der Waals surface area contributed by atoms with E-state index in [1.54, 1.807) is 0 Å². The summed E-state index contributed by atoms with van der Waals surface area (Å²) in [5.41, 5.74) is 1.05. The molecule has 0 saturated carbocycles. The van der Waals surface area contributed by atoms with Gasteiger partial charge in [0.15, 0.2) is 0 Å². The van der Waals surface area contributed by atoms with E-state index in [0.717, 1.165) is 18.7 Å². The molecular weight excluding hydrogens is 136 g/mol. The predicted octanol–water partition coefficient (Wildman–Crippen LogP) is 2.33. The van der Waals surface area contributed by atoms with Crippen molar-refractivity contribution < 1.29 is 0 Å². The molecule has 0 spiro atoms. The number of hydrogen-bond donors (Lipinski definition) is 0. The largest absolute Gasteiger partial charge is 0.337 e. The molecule has 2 heteroatoms. The number of imidazole rings is 1. The Morgan fingerprint density at radius 2 is 2.36 bits per heavy atom. The maximum atomic E-state index is 4.20. The van der Waals surface area contributed by atoms with Crippen molar-refractivity contribution in [2.75, 3.05) is 0 Å². The second kappa shape index (κ2) is 3.96. The van der Waals surface area contributed by atoms with E-state index in [2.05, 4.69) is 29.5 Å². The highest BCUT2D eigenvalue weighted by molar-refractivity contribution is 5.42. The molecule has 2 nitrogen and oxygen atoms in total. The summed E-state index contributed by atoms with van der Waals surface area (Å²) in [6.07, 6.45) is 9.13. The molecule has 1 aromatic rings. The first-order valence-electron chi connectivity index (χ1n) is 4.05. The van der Waals surface area contributed by atoms with Gasteiger partial charge in [0.1, 0.15) is 0 Å². The summed E-state index contributed by atoms with van der Waals surface area (Å²) < 4.78 is 2.06. The van der Waals surface area contributed by atoms with Gasteiger partial charge in [-0.3, -0.25) is 0 Å². The van der Waals surface area contributed by atoms with Crippen LogP contribution >= 0.6 is 0 Å². The Morgan fingerprint density at radius 3 is 2.91 bits per heavy atom. The smallest absolute Gasteiger partial charge is 0.0953 e. The Morgan fingerprint density at radius 1 is 1.55 bits per heavy atom. The highest BCUT2D eigenvalue weighted by atomic mass is 15.0. The van der Waals surface area contributed by atoms with Crippen LogP contribution in [0.4, 0.5) is 0 Å². The van der Waals surface area contributed by atoms with Gasteiger partial charge in [0.05, 0.1) is 12.0 Å². The highest BCUT2D eigenvalue weighted by Gasteiger charge is 1.89. The van der Waals surface area contributed by atoms with Crippen molar-refractivity contribution in [1.82, 2.24) is 9.55 Å². The predicted molar refractivity (Wildman–Crippen MR) is 47.2 cm³/mol. The SMILES string of the molecule is CC/C=C\c1cn(CC)cn1. The summed E-state index contributed by atoms with van der Waals surface area (Å²) in [6, 6.07) is 0. The molecule has 11 heavy (non-hydrogen) atoms. The van der Waals surface area contributed by atoms with Crippen molar-refractivity contribution in [3.05, 3.63) is 24.3 Å². The fourth-order valence-corrected chi connectivity index (χ4v) is 0.875. The molecule has 0 saturated heterocycles. The molecule has 0 aromatic carbocycles. The van der Waals surface area contributed by atoms with Crippen molar-refractivity contribution >= 4 is 6.08 Å². The fraction of sp³-hybridized carbons (Fsp3) is 0.444. The lowest BCUT2D eigenvalue weighted by Crippen LogP contribution is -1.86. The molecule has 0 unspecified atom stereocenters. The van der Waals surface area contributed by atoms with Gasteiger partial charge in [0, 0.05) is 12.7 Å². The third kappa shape index (κ3) is 2.22. The van der Waals surface area contributed by atoms with Crippen LogP contribution in [0.5, 0.6) is 0 Å². The van der Waals surface area contributed by atoms with Crippen molar-refractivity contribution in [1.29, 1.82) is 0 Å². The number of rotatable bonds is 3. The first-order valence-corrected chi connectivity index (χ1v) is 4.05. The molecule has 0 N–H and O–H groups in total. The van der Waals surface area contributed by atoms with Gasteiger partial charge in [-0.25, -0.2) is 4.98 Å². The monoisotopic (exact) mass is 150 g/mol. The lowest BCUT2D eigenvalue weighted by molar-refractivity contribution is 0.761. The molecule has 60 valence electrons. The first kappa shape index (κ1) is 8.05. The van der Waals surface area contributed by atoms with Crippen LogP contribution in [0, 0.1) is 0 Å². The quantitative estimate of drug-likeness (QED) is 0.646. The molecule has 0 amide bonds. The van der Waals surface area contributed by atoms with Gasteiger partial charge in [-0.05, 0) is 19.4 Å². The van der Waals surface area contributed by atoms with Crippen molar-refractivity contribution in [3.63, 3.8) is 0 Å². The van der Waals surface area contributed by atoms with Gasteiger partial charge < -0.3 is 4.57 Å². The molecule has 0 aliphatic carbocycles. The lowest BCUT2D eigenvalue weighted by atomic mass is 10.3. The zero-order valence-electron chi connectivity index (χ0n) is 7.12. The average molecular weight is 150 g/mol. The van der Waals surface area contributed by atoms with Crippen LogP contribution in [-0.2, 0) is 6.54 Å². The van der Waals surface area contributed by atoms with E-state index in [-0.39, 0.29) is 0 Å². The molecule has 1 heterocycles. The number of aromatic nitrogens is 2. The van der Waals surface area contributed by atoms with Crippen molar-refractivity contribution in [3.8, 4) is 0 Å². The zero-order chi connectivity index (χ0) is 8.10. The van der Waals surface area contributed by atoms with E-state index >= 15 is 0 Å². The average Bonchev–Trinajstić information content (AvgIpc) is 2.48. The summed E-state index contributed by atoms with van der Waals surface area (Å²) in [5.74, 6) is 0. The Balaban J connectivity index is 2.65. The zero-order valence-corrected chi connectivity index (χ0v) is 7.12. The molecule has 0 atom stereocenters. The van der Waals surface area contributed by atoms with Gasteiger partial charge in [-0.1, -0.05) is 13.0 Å². The van der Waals surface area contributed by atoms with Gasteiger partial charge in [-0.15, -0.1) is 0 Å². The molecule has 0 aliphatic heterocycles. The van der Waals surface area contributed by atoms with E-state index in [1.165, 1.54) is 0 Å². The fourth-order valence-electron chi connectivity index (χ4n) is 0.875. The Kier molecular flexibility index (Phi) is 2.90. The summed E-state index contributed by atoms with van der Waals surface area (Å²) in [5, 5.41) is 0. The standard InChI is InChI=1S/C9H14N2/c1-3-5-6-9-7-11(4-2)8-10-9/h5-8H,3-4H2,1-2H3/b6-5-. The summed E-state index contributed by atoms with van der Waals surface area (Å²) >= 11 is 0. The van der Waals surface area contributed by atoms with Gasteiger partial charge in [0.2, 0.25) is 0 Å². The number of aryl methyl sites for hydroxylation is 1. The topological polar surface area (TPSA) is 17.8 Å². The van der Waals surface area contributed by atoms with E-state index in [0.29, 0.717) is 0 Å². The van der Waals surface area contributed by atoms with Crippen LogP contribution < -0.4 is 0 Å². The number of allylic oxidation sites excluding steroid dienone is 1. The Hall–Kier alpha value is -1.05. The molecule has 0 bridgehead atoms. The van der Waals surface area contributed by atoms with Crippen LogP contribution in [0.2, 0.25) is 0 Å². The van der Waals surface area contributed by atoms with E-state index in [1.807, 2.05) is 18.6 Å². The van der Waals surface area contributed by atoms with E-state index in [4.69, 9.17) is 0 Å². The lowest BCUT2D eigenvalue weighted by Gasteiger charge is -1.89. The second-order valence-electron chi connectivity index (χ2n) is 2.44. The summed E-state index contributed by atoms with van der Waals surface area (Å²) in [7, 11) is 0. The Labute approximate surface area is 67.6 Å². The molecular formula is C9H14N2. The third-order valence-electron chi connectivity index (χ3n) is 1.54. The number of hydrogen-bond acceptors (Lipinski definition) is 1. The third-order valence-corrected chi connectivity index (χ3v) is 1.54. The Bertz CT molecular complexity index is 235. The minimum absolute atomic E-state index is 0.993. The number of nitrogens with zero attached hydrogens (tertiary/aromatic N) is 2. The minimum Gasteiger partial charge on any atom is -0.337 e. The molecule has 1 rings (SSSR count). The molecule has 1 aromatic heterocycles. The van der Waals surface area contributed by atoms with E-state index < -0.39 is 0 Å². The minimum atomic E-state index is 0.993. The van der Waals surface area contributed by atoms with Gasteiger partial charge in [-0.2, -0.15) is 0 Å². The van der Waals surface area contributed by atoms with Crippen LogP contribution in [0.3, 0.4) is 0 Å². The summed E-state index contributed by atoms with van der Waals surface area (Å²) in [6.45, 7) is 5.22. The van der Waals surface area contributed by atoms with Crippen LogP contribution in [-0.4, -0.2) is 9.55 Å². The van der Waals surface area contributed by atoms with Crippen LogP contribution in [0.25, 0.3) is 6.08 Å². The van der Waals surface area contributed by atoms with E-state index in [9.17, 15) is 0 Å². The van der Waals surface area contributed by atoms with Crippen molar-refractivity contribution in [2.45, 2.75) is 26.8 Å². The highest BCUT2D eigenvalue weighted by Crippen LogP contribution is 1.99. The first-order chi connectivity index (χ1) is 5.36. The maximum Gasteiger partial charge on any atom is 0.0953 e. The molecule has 0 radical (unpaired) electrons. The molecule has 0 aliphatic rings. The second-order valence-corrected chi connectivity index (χ2v) is 2.44. The maximum absolute atomic E-state index is 4.20. The molecule has 0 fully saturated rings. The summed E-state index contributed by atoms with van der Waals surface area (Å²) in [4.78, 5) is 4.20. The normalized spacial score (nSPS) is 11.1. The van der Waals surface area contributed by atoms with Crippen molar-refractivity contribution in [2.24, 2.45) is 0 Å². The van der Waals surface area contributed by atoms with Gasteiger partial charge >= 0.3 is 0 Å². The van der Waals surface area contributed by atoms with Crippen LogP contribution in [0.1, 0.15) is 26.0 Å². The van der Waals surface area contributed by atoms with Gasteiger partial charge in [0.25, 0.3) is 0 Å².